The Morgan fingerprint density at radius 1 is 1.19 bits per heavy atom. The smallest absolute Gasteiger partial charge is 0.349 e. The molecule has 0 aliphatic heterocycles. The molecule has 0 saturated carbocycles. The van der Waals surface area contributed by atoms with Crippen molar-refractivity contribution in [2.75, 3.05) is 5.32 Å². The van der Waals surface area contributed by atoms with Gasteiger partial charge >= 0.3 is 5.97 Å². The highest BCUT2D eigenvalue weighted by Crippen LogP contribution is 2.16. The second-order valence-corrected chi connectivity index (χ2v) is 5.74. The van der Waals surface area contributed by atoms with E-state index in [4.69, 9.17) is 10.00 Å². The number of carbonyl (C=O) groups excluding carboxylic acids is 2. The topological polar surface area (TPSA) is 79.2 Å². The van der Waals surface area contributed by atoms with Gasteiger partial charge in [-0.05, 0) is 37.6 Å². The van der Waals surface area contributed by atoms with Gasteiger partial charge in [0.25, 0.3) is 5.91 Å². The minimum absolute atomic E-state index is 0.250. The zero-order chi connectivity index (χ0) is 20.0. The second-order valence-electron chi connectivity index (χ2n) is 5.74. The van der Waals surface area contributed by atoms with Crippen molar-refractivity contribution >= 4 is 23.6 Å². The first-order chi connectivity index (χ1) is 12.8. The number of halogens is 2. The van der Waals surface area contributed by atoms with Crippen molar-refractivity contribution in [1.29, 1.82) is 5.26 Å². The number of amides is 1. The monoisotopic (exact) mass is 370 g/mol. The molecule has 0 bridgehead atoms. The fourth-order valence-corrected chi connectivity index (χ4v) is 2.07. The third kappa shape index (κ3) is 5.47. The quantitative estimate of drug-likeness (QED) is 0.494. The average molecular weight is 370 g/mol. The average Bonchev–Trinajstić information content (AvgIpc) is 2.63. The Morgan fingerprint density at radius 3 is 2.44 bits per heavy atom. The number of nitrogens with one attached hydrogen (secondary N) is 1. The van der Waals surface area contributed by atoms with Crippen LogP contribution < -0.4 is 5.32 Å². The van der Waals surface area contributed by atoms with E-state index in [0.29, 0.717) is 11.6 Å². The van der Waals surface area contributed by atoms with Crippen molar-refractivity contribution in [3.05, 3.63) is 70.8 Å². The first-order valence-electron chi connectivity index (χ1n) is 7.95. The van der Waals surface area contributed by atoms with Crippen LogP contribution in [0.2, 0.25) is 0 Å². The number of anilines is 1. The minimum atomic E-state index is -1.29. The molecule has 1 N–H and O–H groups in total. The zero-order valence-corrected chi connectivity index (χ0v) is 14.6. The number of benzene rings is 2. The number of nitrogens with zero attached hydrogens (tertiary/aromatic N) is 1. The van der Waals surface area contributed by atoms with Gasteiger partial charge in [-0.25, -0.2) is 13.6 Å². The van der Waals surface area contributed by atoms with E-state index in [9.17, 15) is 18.4 Å². The van der Waals surface area contributed by atoms with Gasteiger partial charge in [0.1, 0.15) is 23.3 Å². The van der Waals surface area contributed by atoms with Crippen LogP contribution in [0.5, 0.6) is 0 Å². The summed E-state index contributed by atoms with van der Waals surface area (Å²) in [6, 6.07) is 11.5. The Kier molecular flexibility index (Phi) is 6.39. The number of aryl methyl sites for hydroxylation is 1. The highest BCUT2D eigenvalue weighted by molar-refractivity contribution is 6.01. The van der Waals surface area contributed by atoms with Gasteiger partial charge in [-0.15, -0.1) is 0 Å². The lowest BCUT2D eigenvalue weighted by Crippen LogP contribution is -2.30. The number of ether oxygens (including phenoxy) is 1. The van der Waals surface area contributed by atoms with Crippen LogP contribution in [-0.4, -0.2) is 18.0 Å². The Balaban J connectivity index is 2.05. The molecule has 2 rings (SSSR count). The van der Waals surface area contributed by atoms with Gasteiger partial charge in [-0.2, -0.15) is 5.26 Å². The third-order valence-corrected chi connectivity index (χ3v) is 3.57. The van der Waals surface area contributed by atoms with Crippen LogP contribution in [0.15, 0.2) is 48.0 Å². The molecule has 0 radical (unpaired) electrons. The van der Waals surface area contributed by atoms with Crippen molar-refractivity contribution in [3.8, 4) is 6.07 Å². The molecule has 0 aliphatic rings. The van der Waals surface area contributed by atoms with Gasteiger partial charge in [-0.3, -0.25) is 4.79 Å². The fourth-order valence-electron chi connectivity index (χ4n) is 2.07. The molecule has 1 atom stereocenters. The van der Waals surface area contributed by atoms with Crippen LogP contribution in [0, 0.1) is 29.9 Å². The van der Waals surface area contributed by atoms with E-state index in [1.807, 2.05) is 19.1 Å². The maximum Gasteiger partial charge on any atom is 0.349 e. The molecule has 0 fully saturated rings. The molecule has 1 amide bonds. The fraction of sp³-hybridized carbons (Fsp3) is 0.150. The lowest BCUT2D eigenvalue weighted by atomic mass is 10.1. The highest BCUT2D eigenvalue weighted by Gasteiger charge is 2.21. The predicted octanol–water partition coefficient (Wildman–Crippen LogP) is 3.75. The van der Waals surface area contributed by atoms with Crippen molar-refractivity contribution < 1.29 is 23.1 Å². The summed E-state index contributed by atoms with van der Waals surface area (Å²) >= 11 is 0. The molecule has 0 aliphatic carbocycles. The Bertz CT molecular complexity index is 931. The van der Waals surface area contributed by atoms with Crippen LogP contribution in [0.25, 0.3) is 6.08 Å². The molecule has 7 heteroatoms. The molecule has 0 saturated heterocycles. The molecule has 27 heavy (non-hydrogen) atoms. The molecule has 2 aromatic carbocycles. The lowest BCUT2D eigenvalue weighted by molar-refractivity contribution is -0.148. The number of hydrogen-bond acceptors (Lipinski definition) is 4. The summed E-state index contributed by atoms with van der Waals surface area (Å²) in [6.07, 6.45) is 0.0446. The van der Waals surface area contributed by atoms with Gasteiger partial charge in [0.15, 0.2) is 6.10 Å². The molecule has 0 unspecified atom stereocenters. The third-order valence-electron chi connectivity index (χ3n) is 3.57. The van der Waals surface area contributed by atoms with Crippen LogP contribution in [0.4, 0.5) is 14.5 Å². The molecular formula is C20H16F2N2O3. The largest absolute Gasteiger partial charge is 0.448 e. The maximum absolute atomic E-state index is 13.6. The van der Waals surface area contributed by atoms with Crippen molar-refractivity contribution in [1.82, 2.24) is 0 Å². The van der Waals surface area contributed by atoms with Gasteiger partial charge in [0, 0.05) is 6.07 Å². The standard InChI is InChI=1S/C20H16F2N2O3/c1-12-3-5-14(6-4-12)9-15(11-23)20(26)27-13(2)19(25)24-18-8-7-16(21)10-17(18)22/h3-10,13H,1-2H3,(H,24,25)/b15-9+/t13-/m1/s1. The Morgan fingerprint density at radius 2 is 1.85 bits per heavy atom. The summed E-state index contributed by atoms with van der Waals surface area (Å²) in [5.74, 6) is -3.55. The van der Waals surface area contributed by atoms with Gasteiger partial charge < -0.3 is 10.1 Å². The maximum atomic E-state index is 13.6. The number of nitriles is 1. The zero-order valence-electron chi connectivity index (χ0n) is 14.6. The molecule has 5 nitrogen and oxygen atoms in total. The van der Waals surface area contributed by atoms with E-state index in [1.54, 1.807) is 18.2 Å². The number of hydrogen-bond donors (Lipinski definition) is 1. The summed E-state index contributed by atoms with van der Waals surface area (Å²) in [6.45, 7) is 3.17. The Hall–Kier alpha value is -3.53. The SMILES string of the molecule is Cc1ccc(/C=C(\C#N)C(=O)O[C@H](C)C(=O)Nc2ccc(F)cc2F)cc1. The summed E-state index contributed by atoms with van der Waals surface area (Å²) in [5, 5.41) is 11.4. The van der Waals surface area contributed by atoms with Crippen LogP contribution >= 0.6 is 0 Å². The van der Waals surface area contributed by atoms with Crippen LogP contribution in [-0.2, 0) is 14.3 Å². The van der Waals surface area contributed by atoms with Gasteiger partial charge in [0.05, 0.1) is 5.69 Å². The molecule has 0 aromatic heterocycles. The van der Waals surface area contributed by atoms with Crippen molar-refractivity contribution in [2.45, 2.75) is 20.0 Å². The van der Waals surface area contributed by atoms with Gasteiger partial charge in [0.2, 0.25) is 0 Å². The first kappa shape index (κ1) is 19.8. The summed E-state index contributed by atoms with van der Waals surface area (Å²) < 4.78 is 31.4. The van der Waals surface area contributed by atoms with Crippen molar-refractivity contribution in [2.24, 2.45) is 0 Å². The second kappa shape index (κ2) is 8.72. The molecule has 138 valence electrons. The van der Waals surface area contributed by atoms with E-state index in [-0.39, 0.29) is 11.3 Å². The summed E-state index contributed by atoms with van der Waals surface area (Å²) in [7, 11) is 0. The summed E-state index contributed by atoms with van der Waals surface area (Å²) in [5.41, 5.74) is 1.11. The highest BCUT2D eigenvalue weighted by atomic mass is 19.1. The lowest BCUT2D eigenvalue weighted by Gasteiger charge is -2.13. The van der Waals surface area contributed by atoms with Crippen molar-refractivity contribution in [3.63, 3.8) is 0 Å². The molecule has 2 aromatic rings. The molecule has 0 heterocycles. The number of carbonyl (C=O) groups is 2. The van der Waals surface area contributed by atoms with Crippen LogP contribution in [0.3, 0.4) is 0 Å². The van der Waals surface area contributed by atoms with Crippen LogP contribution in [0.1, 0.15) is 18.1 Å². The number of rotatable bonds is 5. The van der Waals surface area contributed by atoms with E-state index in [1.165, 1.54) is 13.0 Å². The Labute approximate surface area is 154 Å². The van der Waals surface area contributed by atoms with E-state index in [0.717, 1.165) is 17.7 Å². The first-order valence-corrected chi connectivity index (χ1v) is 7.95. The van der Waals surface area contributed by atoms with E-state index < -0.39 is 29.6 Å². The molecule has 0 spiro atoms. The van der Waals surface area contributed by atoms with E-state index in [2.05, 4.69) is 5.32 Å². The number of esters is 1. The molecular weight excluding hydrogens is 354 g/mol. The summed E-state index contributed by atoms with van der Waals surface area (Å²) in [4.78, 5) is 24.1. The minimum Gasteiger partial charge on any atom is -0.448 e. The normalized spacial score (nSPS) is 12.0. The van der Waals surface area contributed by atoms with Gasteiger partial charge in [-0.1, -0.05) is 29.8 Å². The predicted molar refractivity (Wildman–Crippen MR) is 95.3 cm³/mol. The van der Waals surface area contributed by atoms with E-state index >= 15 is 0 Å².